The Morgan fingerprint density at radius 2 is 2.13 bits per heavy atom. The van der Waals surface area contributed by atoms with Gasteiger partial charge in [-0.05, 0) is 17.7 Å². The summed E-state index contributed by atoms with van der Waals surface area (Å²) in [6.07, 6.45) is 1.74. The Morgan fingerprint density at radius 3 is 2.73 bits per heavy atom. The minimum absolute atomic E-state index is 0.162. The summed E-state index contributed by atoms with van der Waals surface area (Å²) in [5, 5.41) is 3.17. The highest BCUT2D eigenvalue weighted by Gasteiger charge is 2.22. The number of carbonyl (C=O) groups is 1. The fourth-order valence-electron chi connectivity index (χ4n) is 1.15. The molecule has 1 aromatic carbocycles. The molecule has 1 saturated heterocycles. The molecular formula is C10H6ClNOS2. The van der Waals surface area contributed by atoms with Crippen LogP contribution in [0.15, 0.2) is 29.2 Å². The third-order valence-electron chi connectivity index (χ3n) is 1.83. The fraction of sp³-hybridized carbons (Fsp3) is 0. The molecule has 0 atom stereocenters. The summed E-state index contributed by atoms with van der Waals surface area (Å²) in [7, 11) is 0. The lowest BCUT2D eigenvalue weighted by atomic mass is 10.2. The predicted molar refractivity (Wildman–Crippen MR) is 67.8 cm³/mol. The summed E-state index contributed by atoms with van der Waals surface area (Å²) in [5.74, 6) is -0.162. The summed E-state index contributed by atoms with van der Waals surface area (Å²) in [5.41, 5.74) is 0.821. The molecule has 76 valence electrons. The molecule has 0 aromatic heterocycles. The highest BCUT2D eigenvalue weighted by atomic mass is 35.5. The number of rotatable bonds is 1. The summed E-state index contributed by atoms with van der Waals surface area (Å²) in [6.45, 7) is 0. The van der Waals surface area contributed by atoms with Gasteiger partial charge < -0.3 is 5.32 Å². The molecule has 0 unspecified atom stereocenters. The molecule has 0 saturated carbocycles. The van der Waals surface area contributed by atoms with Crippen molar-refractivity contribution in [3.05, 3.63) is 39.8 Å². The van der Waals surface area contributed by atoms with E-state index in [1.807, 2.05) is 18.2 Å². The zero-order valence-electron chi connectivity index (χ0n) is 7.49. The average molecular weight is 256 g/mol. The molecule has 1 heterocycles. The molecule has 1 aromatic rings. The summed E-state index contributed by atoms with van der Waals surface area (Å²) < 4.78 is 0.485. The van der Waals surface area contributed by atoms with E-state index in [-0.39, 0.29) is 5.91 Å². The lowest BCUT2D eigenvalue weighted by molar-refractivity contribution is -0.115. The zero-order chi connectivity index (χ0) is 10.8. The van der Waals surface area contributed by atoms with Gasteiger partial charge in [0.1, 0.15) is 4.32 Å². The van der Waals surface area contributed by atoms with Crippen LogP contribution in [0.1, 0.15) is 5.56 Å². The molecule has 1 amide bonds. The van der Waals surface area contributed by atoms with Crippen LogP contribution >= 0.6 is 35.6 Å². The van der Waals surface area contributed by atoms with Crippen molar-refractivity contribution in [2.45, 2.75) is 0 Å². The van der Waals surface area contributed by atoms with E-state index in [9.17, 15) is 4.79 Å². The summed E-state index contributed by atoms with van der Waals surface area (Å²) in [4.78, 5) is 11.9. The van der Waals surface area contributed by atoms with E-state index >= 15 is 0 Å². The first-order chi connectivity index (χ1) is 7.16. The largest absolute Gasteiger partial charge is 0.307 e. The Labute approximate surface area is 102 Å². The van der Waals surface area contributed by atoms with Crippen LogP contribution in [-0.4, -0.2) is 10.2 Å². The van der Waals surface area contributed by atoms with Gasteiger partial charge in [0.15, 0.2) is 0 Å². The lowest BCUT2D eigenvalue weighted by Gasteiger charge is -1.97. The lowest BCUT2D eigenvalue weighted by Crippen LogP contribution is -2.17. The molecular weight excluding hydrogens is 250 g/mol. The minimum Gasteiger partial charge on any atom is -0.307 e. The van der Waals surface area contributed by atoms with Crippen LogP contribution in [-0.2, 0) is 4.79 Å². The highest BCUT2D eigenvalue weighted by Crippen LogP contribution is 2.27. The average Bonchev–Trinajstić information content (AvgIpc) is 2.49. The molecule has 1 aliphatic heterocycles. The van der Waals surface area contributed by atoms with Gasteiger partial charge in [-0.3, -0.25) is 4.79 Å². The second-order valence-electron chi connectivity index (χ2n) is 2.87. The van der Waals surface area contributed by atoms with Gasteiger partial charge in [-0.15, -0.1) is 0 Å². The Morgan fingerprint density at radius 1 is 1.40 bits per heavy atom. The Balaban J connectivity index is 2.35. The van der Waals surface area contributed by atoms with Gasteiger partial charge in [0, 0.05) is 5.02 Å². The second-order valence-corrected chi connectivity index (χ2v) is 5.00. The number of benzene rings is 1. The first kappa shape index (κ1) is 10.7. The monoisotopic (exact) mass is 255 g/mol. The number of amides is 1. The second kappa shape index (κ2) is 4.35. The quantitative estimate of drug-likeness (QED) is 0.618. The van der Waals surface area contributed by atoms with Gasteiger partial charge in [0.25, 0.3) is 5.91 Å². The maximum atomic E-state index is 11.4. The van der Waals surface area contributed by atoms with Crippen LogP contribution < -0.4 is 5.32 Å². The SMILES string of the molecule is O=C1NC(=S)S/C1=C\c1ccccc1Cl. The number of carbonyl (C=O) groups excluding carboxylic acids is 1. The first-order valence-corrected chi connectivity index (χ1v) is 5.76. The highest BCUT2D eigenvalue weighted by molar-refractivity contribution is 8.26. The molecule has 2 rings (SSSR count). The van der Waals surface area contributed by atoms with Crippen molar-refractivity contribution in [1.29, 1.82) is 0 Å². The van der Waals surface area contributed by atoms with E-state index < -0.39 is 0 Å². The normalized spacial score (nSPS) is 18.3. The zero-order valence-corrected chi connectivity index (χ0v) is 9.88. The molecule has 5 heteroatoms. The van der Waals surface area contributed by atoms with Crippen molar-refractivity contribution in [3.8, 4) is 0 Å². The number of halogens is 1. The Kier molecular flexibility index (Phi) is 3.09. The molecule has 0 aliphatic carbocycles. The van der Waals surface area contributed by atoms with Gasteiger partial charge in [0.2, 0.25) is 0 Å². The van der Waals surface area contributed by atoms with E-state index in [2.05, 4.69) is 5.32 Å². The fourth-order valence-corrected chi connectivity index (χ4v) is 2.38. The van der Waals surface area contributed by atoms with E-state index in [0.717, 1.165) is 5.56 Å². The molecule has 1 aliphatic rings. The van der Waals surface area contributed by atoms with Gasteiger partial charge in [-0.25, -0.2) is 0 Å². The summed E-state index contributed by atoms with van der Waals surface area (Å²) in [6, 6.07) is 7.35. The molecule has 0 bridgehead atoms. The molecule has 0 radical (unpaired) electrons. The maximum absolute atomic E-state index is 11.4. The van der Waals surface area contributed by atoms with Crippen molar-refractivity contribution in [2.24, 2.45) is 0 Å². The Hall–Kier alpha value is -0.840. The third-order valence-corrected chi connectivity index (χ3v) is 3.34. The van der Waals surface area contributed by atoms with Crippen molar-refractivity contribution < 1.29 is 4.79 Å². The van der Waals surface area contributed by atoms with Crippen molar-refractivity contribution >= 4 is 51.9 Å². The molecule has 15 heavy (non-hydrogen) atoms. The number of hydrogen-bond donors (Lipinski definition) is 1. The van der Waals surface area contributed by atoms with Gasteiger partial charge in [0.05, 0.1) is 4.91 Å². The topological polar surface area (TPSA) is 29.1 Å². The van der Waals surface area contributed by atoms with Crippen LogP contribution in [0, 0.1) is 0 Å². The van der Waals surface area contributed by atoms with E-state index in [4.69, 9.17) is 23.8 Å². The van der Waals surface area contributed by atoms with Crippen LogP contribution in [0.5, 0.6) is 0 Å². The number of thioether (sulfide) groups is 1. The first-order valence-electron chi connectivity index (χ1n) is 4.16. The third kappa shape index (κ3) is 2.40. The van der Waals surface area contributed by atoms with Crippen LogP contribution in [0.4, 0.5) is 0 Å². The van der Waals surface area contributed by atoms with Gasteiger partial charge in [-0.1, -0.05) is 53.8 Å². The molecule has 2 nitrogen and oxygen atoms in total. The maximum Gasteiger partial charge on any atom is 0.263 e. The molecule has 1 N–H and O–H groups in total. The minimum atomic E-state index is -0.162. The Bertz CT molecular complexity index is 470. The van der Waals surface area contributed by atoms with E-state index in [0.29, 0.717) is 14.2 Å². The predicted octanol–water partition coefficient (Wildman–Crippen LogP) is 2.83. The van der Waals surface area contributed by atoms with Crippen LogP contribution in [0.3, 0.4) is 0 Å². The number of nitrogens with one attached hydrogen (secondary N) is 1. The van der Waals surface area contributed by atoms with Gasteiger partial charge >= 0.3 is 0 Å². The summed E-state index contributed by atoms with van der Waals surface area (Å²) >= 11 is 12.1. The van der Waals surface area contributed by atoms with Crippen molar-refractivity contribution in [3.63, 3.8) is 0 Å². The van der Waals surface area contributed by atoms with Crippen LogP contribution in [0.25, 0.3) is 6.08 Å². The number of thiocarbonyl (C=S) groups is 1. The van der Waals surface area contributed by atoms with Crippen molar-refractivity contribution in [2.75, 3.05) is 0 Å². The van der Waals surface area contributed by atoms with Gasteiger partial charge in [-0.2, -0.15) is 0 Å². The van der Waals surface area contributed by atoms with Crippen LogP contribution in [0.2, 0.25) is 5.02 Å². The van der Waals surface area contributed by atoms with Crippen molar-refractivity contribution in [1.82, 2.24) is 5.32 Å². The number of hydrogen-bond acceptors (Lipinski definition) is 3. The standard InChI is InChI=1S/C10H6ClNOS2/c11-7-4-2-1-3-6(7)5-8-9(13)12-10(14)15-8/h1-5H,(H,12,13,14)/b8-5-. The molecule has 0 spiro atoms. The van der Waals surface area contributed by atoms with E-state index in [1.54, 1.807) is 12.1 Å². The molecule has 1 fully saturated rings. The van der Waals surface area contributed by atoms with E-state index in [1.165, 1.54) is 11.8 Å². The smallest absolute Gasteiger partial charge is 0.263 e.